The van der Waals surface area contributed by atoms with Crippen molar-refractivity contribution >= 4 is 5.69 Å². The third-order valence-corrected chi connectivity index (χ3v) is 2.61. The molecule has 1 aromatic heterocycles. The molecule has 0 amide bonds. The van der Waals surface area contributed by atoms with Crippen LogP contribution in [0.2, 0.25) is 0 Å². The van der Waals surface area contributed by atoms with Gasteiger partial charge in [0.2, 0.25) is 0 Å². The second-order valence-electron chi connectivity index (χ2n) is 4.54. The van der Waals surface area contributed by atoms with Gasteiger partial charge in [-0.25, -0.2) is 4.68 Å². The molecular weight excluding hydrogens is 204 g/mol. The Morgan fingerprint density at radius 1 is 1.50 bits per heavy atom. The van der Waals surface area contributed by atoms with Gasteiger partial charge in [0.15, 0.2) is 0 Å². The summed E-state index contributed by atoms with van der Waals surface area (Å²) in [4.78, 5) is 13.6. The van der Waals surface area contributed by atoms with Crippen molar-refractivity contribution < 1.29 is 0 Å². The second-order valence-corrected chi connectivity index (χ2v) is 4.54. The van der Waals surface area contributed by atoms with Crippen LogP contribution in [0, 0.1) is 5.92 Å². The molecule has 2 N–H and O–H groups in total. The van der Waals surface area contributed by atoms with Crippen molar-refractivity contribution in [3.8, 4) is 0 Å². The summed E-state index contributed by atoms with van der Waals surface area (Å²) in [5.74, 6) is 0.335. The minimum Gasteiger partial charge on any atom is -0.376 e. The third kappa shape index (κ3) is 3.06. The average molecular weight is 224 g/mol. The lowest BCUT2D eigenvalue weighted by Crippen LogP contribution is -2.36. The van der Waals surface area contributed by atoms with Gasteiger partial charge in [-0.3, -0.25) is 4.79 Å². The van der Waals surface area contributed by atoms with Gasteiger partial charge in [-0.2, -0.15) is 5.10 Å². The van der Waals surface area contributed by atoms with Crippen molar-refractivity contribution in [2.24, 2.45) is 11.7 Å². The van der Waals surface area contributed by atoms with Crippen molar-refractivity contribution in [1.29, 1.82) is 0 Å². The van der Waals surface area contributed by atoms with Crippen LogP contribution in [-0.4, -0.2) is 29.9 Å². The van der Waals surface area contributed by atoms with E-state index in [1.165, 1.54) is 4.68 Å². The standard InChI is InChI=1S/C11H20N4O/c1-8(2)10(12)7-15-11(16)5-9(6-13-15)14(3)4/h5-6,8,10H,7,12H2,1-4H3. The molecule has 0 saturated carbocycles. The minimum atomic E-state index is -0.109. The average Bonchev–Trinajstić information content (AvgIpc) is 2.20. The number of aromatic nitrogens is 2. The first-order valence-corrected chi connectivity index (χ1v) is 5.42. The molecule has 1 heterocycles. The molecule has 5 nitrogen and oxygen atoms in total. The third-order valence-electron chi connectivity index (χ3n) is 2.61. The summed E-state index contributed by atoms with van der Waals surface area (Å²) in [5, 5.41) is 4.10. The molecule has 5 heteroatoms. The quantitative estimate of drug-likeness (QED) is 0.798. The predicted octanol–water partition coefficient (Wildman–Crippen LogP) is 0.293. The number of hydrogen-bond acceptors (Lipinski definition) is 4. The normalized spacial score (nSPS) is 12.9. The maximum absolute atomic E-state index is 11.7. The van der Waals surface area contributed by atoms with E-state index in [4.69, 9.17) is 5.73 Å². The Labute approximate surface area is 95.9 Å². The van der Waals surface area contributed by atoms with Gasteiger partial charge in [0, 0.05) is 26.2 Å². The fourth-order valence-electron chi connectivity index (χ4n) is 1.22. The molecule has 0 aliphatic carbocycles. The van der Waals surface area contributed by atoms with Crippen LogP contribution in [0.5, 0.6) is 0 Å². The van der Waals surface area contributed by atoms with Crippen LogP contribution >= 0.6 is 0 Å². The Morgan fingerprint density at radius 3 is 2.56 bits per heavy atom. The van der Waals surface area contributed by atoms with Gasteiger partial charge >= 0.3 is 0 Å². The molecule has 1 atom stereocenters. The monoisotopic (exact) mass is 224 g/mol. The Hall–Kier alpha value is -1.36. The lowest BCUT2D eigenvalue weighted by atomic mass is 10.1. The number of rotatable bonds is 4. The van der Waals surface area contributed by atoms with E-state index in [1.54, 1.807) is 12.3 Å². The molecule has 0 radical (unpaired) electrons. The molecule has 0 spiro atoms. The summed E-state index contributed by atoms with van der Waals surface area (Å²) < 4.78 is 1.41. The second kappa shape index (κ2) is 5.12. The van der Waals surface area contributed by atoms with Crippen molar-refractivity contribution in [1.82, 2.24) is 9.78 Å². The molecule has 0 saturated heterocycles. The summed E-state index contributed by atoms with van der Waals surface area (Å²) in [5.41, 5.74) is 6.60. The summed E-state index contributed by atoms with van der Waals surface area (Å²) in [6.45, 7) is 4.53. The van der Waals surface area contributed by atoms with Gasteiger partial charge in [-0.05, 0) is 5.92 Å². The van der Waals surface area contributed by atoms with Gasteiger partial charge in [0.25, 0.3) is 5.56 Å². The Morgan fingerprint density at radius 2 is 2.12 bits per heavy atom. The van der Waals surface area contributed by atoms with E-state index in [0.29, 0.717) is 12.5 Å². The molecule has 1 rings (SSSR count). The van der Waals surface area contributed by atoms with Gasteiger partial charge < -0.3 is 10.6 Å². The molecule has 0 aliphatic rings. The first-order valence-electron chi connectivity index (χ1n) is 5.42. The van der Waals surface area contributed by atoms with Crippen molar-refractivity contribution in [3.63, 3.8) is 0 Å². The first-order chi connectivity index (χ1) is 7.41. The summed E-state index contributed by atoms with van der Waals surface area (Å²) in [6, 6.07) is 1.52. The minimum absolute atomic E-state index is 0.0459. The Bertz CT molecular complexity index is 397. The molecule has 1 aromatic rings. The molecule has 1 unspecified atom stereocenters. The highest BCUT2D eigenvalue weighted by molar-refractivity contribution is 5.40. The predicted molar refractivity (Wildman–Crippen MR) is 65.6 cm³/mol. The van der Waals surface area contributed by atoms with Crippen LogP contribution in [0.15, 0.2) is 17.1 Å². The van der Waals surface area contributed by atoms with Crippen LogP contribution in [0.1, 0.15) is 13.8 Å². The summed E-state index contributed by atoms with van der Waals surface area (Å²) >= 11 is 0. The van der Waals surface area contributed by atoms with E-state index in [9.17, 15) is 4.79 Å². The van der Waals surface area contributed by atoms with Gasteiger partial charge in [-0.15, -0.1) is 0 Å². The first kappa shape index (κ1) is 12.7. The zero-order chi connectivity index (χ0) is 12.3. The number of anilines is 1. The van der Waals surface area contributed by atoms with E-state index in [2.05, 4.69) is 5.10 Å². The van der Waals surface area contributed by atoms with Crippen LogP contribution in [0.25, 0.3) is 0 Å². The fourth-order valence-corrected chi connectivity index (χ4v) is 1.22. The molecule has 16 heavy (non-hydrogen) atoms. The zero-order valence-electron chi connectivity index (χ0n) is 10.3. The Kier molecular flexibility index (Phi) is 4.06. The van der Waals surface area contributed by atoms with E-state index in [-0.39, 0.29) is 11.6 Å². The highest BCUT2D eigenvalue weighted by Gasteiger charge is 2.10. The van der Waals surface area contributed by atoms with E-state index < -0.39 is 0 Å². The molecular formula is C11H20N4O. The zero-order valence-corrected chi connectivity index (χ0v) is 10.3. The van der Waals surface area contributed by atoms with E-state index >= 15 is 0 Å². The maximum Gasteiger partial charge on any atom is 0.268 e. The lowest BCUT2D eigenvalue weighted by Gasteiger charge is -2.17. The van der Waals surface area contributed by atoms with Gasteiger partial charge in [0.1, 0.15) is 0 Å². The topological polar surface area (TPSA) is 64.2 Å². The number of hydrogen-bond donors (Lipinski definition) is 1. The summed E-state index contributed by atoms with van der Waals surface area (Å²) in [6.07, 6.45) is 1.68. The lowest BCUT2D eigenvalue weighted by molar-refractivity contribution is 0.403. The highest BCUT2D eigenvalue weighted by Crippen LogP contribution is 2.04. The number of nitrogens with zero attached hydrogens (tertiary/aromatic N) is 3. The van der Waals surface area contributed by atoms with Crippen LogP contribution in [0.3, 0.4) is 0 Å². The SMILES string of the molecule is CC(C)C(N)Cn1ncc(N(C)C)cc1=O. The van der Waals surface area contributed by atoms with E-state index in [0.717, 1.165) is 5.69 Å². The summed E-state index contributed by atoms with van der Waals surface area (Å²) in [7, 11) is 3.75. The fraction of sp³-hybridized carbons (Fsp3) is 0.636. The molecule has 0 fully saturated rings. The van der Waals surface area contributed by atoms with E-state index in [1.807, 2.05) is 32.8 Å². The van der Waals surface area contributed by atoms with Crippen molar-refractivity contribution in [2.75, 3.05) is 19.0 Å². The molecule has 0 aromatic carbocycles. The Balaban J connectivity index is 2.88. The largest absolute Gasteiger partial charge is 0.376 e. The molecule has 90 valence electrons. The molecule has 0 bridgehead atoms. The van der Waals surface area contributed by atoms with Crippen LogP contribution in [0.4, 0.5) is 5.69 Å². The van der Waals surface area contributed by atoms with Gasteiger partial charge in [0.05, 0.1) is 18.4 Å². The van der Waals surface area contributed by atoms with Crippen LogP contribution in [-0.2, 0) is 6.54 Å². The van der Waals surface area contributed by atoms with Crippen molar-refractivity contribution in [2.45, 2.75) is 26.4 Å². The van der Waals surface area contributed by atoms with Crippen molar-refractivity contribution in [3.05, 3.63) is 22.6 Å². The highest BCUT2D eigenvalue weighted by atomic mass is 16.1. The smallest absolute Gasteiger partial charge is 0.268 e. The van der Waals surface area contributed by atoms with Crippen LogP contribution < -0.4 is 16.2 Å². The maximum atomic E-state index is 11.7. The number of nitrogens with two attached hydrogens (primary N) is 1. The molecule has 0 aliphatic heterocycles. The van der Waals surface area contributed by atoms with Gasteiger partial charge in [-0.1, -0.05) is 13.8 Å².